The van der Waals surface area contributed by atoms with Crippen molar-refractivity contribution in [2.75, 3.05) is 0 Å². The average molecular weight is 592 g/mol. The molecule has 0 amide bonds. The zero-order valence-electron chi connectivity index (χ0n) is 28.1. The van der Waals surface area contributed by atoms with E-state index in [1.54, 1.807) is 23.7 Å². The number of allylic oxidation sites excluding steroid dienone is 4. The molecule has 8 aliphatic carbocycles. The molecule has 0 nitrogen and oxygen atoms in total. The van der Waals surface area contributed by atoms with Crippen molar-refractivity contribution < 1.29 is 18.6 Å². The summed E-state index contributed by atoms with van der Waals surface area (Å²) in [6.45, 7) is 35.3. The molecule has 0 aromatic carbocycles. The number of fused-ring (bicyclic) bond motifs is 8. The van der Waals surface area contributed by atoms with E-state index in [-0.39, 0.29) is 18.6 Å². The Morgan fingerprint density at radius 3 is 0.659 bits per heavy atom. The second-order valence-corrected chi connectivity index (χ2v) is 16.8. The van der Waals surface area contributed by atoms with Crippen LogP contribution in [0.15, 0.2) is 48.6 Å². The molecule has 0 saturated heterocycles. The first-order valence-electron chi connectivity index (χ1n) is 16.7. The van der Waals surface area contributed by atoms with Crippen LogP contribution in [-0.4, -0.2) is 0 Å². The third kappa shape index (κ3) is 5.63. The molecule has 0 aliphatic heterocycles. The molecular formula is C40H60V. The van der Waals surface area contributed by atoms with E-state index >= 15 is 0 Å². The first-order valence-corrected chi connectivity index (χ1v) is 16.7. The van der Waals surface area contributed by atoms with Crippen molar-refractivity contribution in [2.24, 2.45) is 45.3 Å². The van der Waals surface area contributed by atoms with Gasteiger partial charge in [0.05, 0.1) is 0 Å². The van der Waals surface area contributed by atoms with E-state index in [2.05, 4.69) is 81.7 Å². The smallest absolute Gasteiger partial charge is 0.304 e. The first-order chi connectivity index (χ1) is 18.5. The van der Waals surface area contributed by atoms with Crippen LogP contribution in [-0.2, 0) is 18.6 Å². The largest absolute Gasteiger partial charge is 4.00 e. The van der Waals surface area contributed by atoms with Gasteiger partial charge in [0, 0.05) is 0 Å². The summed E-state index contributed by atoms with van der Waals surface area (Å²) >= 11 is 0. The van der Waals surface area contributed by atoms with Crippen LogP contribution in [0.25, 0.3) is 0 Å². The van der Waals surface area contributed by atoms with Crippen molar-refractivity contribution in [3.63, 3.8) is 0 Å². The van der Waals surface area contributed by atoms with Crippen molar-refractivity contribution in [1.82, 2.24) is 0 Å². The molecule has 8 rings (SSSR count). The van der Waals surface area contributed by atoms with Gasteiger partial charge in [-0.1, -0.05) is 105 Å². The van der Waals surface area contributed by atoms with Crippen LogP contribution < -0.4 is 0 Å². The number of hydrogen-bond acceptors (Lipinski definition) is 0. The molecule has 0 spiro atoms. The minimum atomic E-state index is 0. The zero-order valence-corrected chi connectivity index (χ0v) is 29.5. The van der Waals surface area contributed by atoms with Gasteiger partial charge in [0.15, 0.2) is 0 Å². The van der Waals surface area contributed by atoms with E-state index in [0.29, 0.717) is 21.7 Å². The molecule has 0 aromatic heterocycles. The van der Waals surface area contributed by atoms with E-state index in [0.717, 1.165) is 23.7 Å². The van der Waals surface area contributed by atoms with E-state index in [1.165, 1.54) is 99.3 Å². The van der Waals surface area contributed by atoms with Crippen LogP contribution in [0, 0.1) is 69.0 Å². The summed E-state index contributed by atoms with van der Waals surface area (Å²) in [6, 6.07) is 0. The maximum Gasteiger partial charge on any atom is 4.00 e. The Kier molecular flexibility index (Phi) is 9.36. The molecule has 225 valence electrons. The van der Waals surface area contributed by atoms with Crippen LogP contribution in [0.3, 0.4) is 0 Å². The van der Waals surface area contributed by atoms with Gasteiger partial charge in [-0.15, -0.1) is 70.3 Å². The standard InChI is InChI=1S/4C10H15.V/c4*1-7-8-4-5-9(6-8)10(7,2)3;/h4*8H,1,4-6H2,2-3H3;/q4*-1;+4. The Hall–Kier alpha value is -0.456. The van der Waals surface area contributed by atoms with E-state index in [4.69, 9.17) is 0 Å². The predicted octanol–water partition coefficient (Wildman–Crippen LogP) is 11.8. The Morgan fingerprint density at radius 2 is 0.585 bits per heavy atom. The molecule has 41 heavy (non-hydrogen) atoms. The molecule has 1 heteroatoms. The fourth-order valence-electron chi connectivity index (χ4n) is 9.81. The third-order valence-corrected chi connectivity index (χ3v) is 13.9. The summed E-state index contributed by atoms with van der Waals surface area (Å²) in [6.07, 6.45) is 16.4. The molecule has 8 fully saturated rings. The summed E-state index contributed by atoms with van der Waals surface area (Å²) < 4.78 is 0. The maximum absolute atomic E-state index is 4.17. The Labute approximate surface area is 267 Å². The van der Waals surface area contributed by atoms with Gasteiger partial charge in [-0.2, -0.15) is 51.4 Å². The van der Waals surface area contributed by atoms with Crippen molar-refractivity contribution in [3.8, 4) is 0 Å². The van der Waals surface area contributed by atoms with Crippen molar-refractivity contribution >= 4 is 0 Å². The molecule has 8 bridgehead atoms. The second kappa shape index (κ2) is 11.5. The predicted molar refractivity (Wildman–Crippen MR) is 174 cm³/mol. The van der Waals surface area contributed by atoms with Gasteiger partial charge >= 0.3 is 18.6 Å². The van der Waals surface area contributed by atoms with Gasteiger partial charge in [-0.05, 0) is 0 Å². The molecular weight excluding hydrogens is 531 g/mol. The molecule has 4 atom stereocenters. The van der Waals surface area contributed by atoms with Crippen LogP contribution in [0.4, 0.5) is 0 Å². The fourth-order valence-corrected chi connectivity index (χ4v) is 9.81. The molecule has 1 radical (unpaired) electrons. The van der Waals surface area contributed by atoms with Gasteiger partial charge in [-0.3, -0.25) is 0 Å². The summed E-state index contributed by atoms with van der Waals surface area (Å²) in [5.41, 5.74) is 7.54. The molecule has 8 saturated carbocycles. The van der Waals surface area contributed by atoms with Crippen LogP contribution in [0.1, 0.15) is 132 Å². The van der Waals surface area contributed by atoms with E-state index < -0.39 is 0 Å². The summed E-state index contributed by atoms with van der Waals surface area (Å²) in [5, 5.41) is 0. The Balaban J connectivity index is 0.000000125. The monoisotopic (exact) mass is 591 g/mol. The van der Waals surface area contributed by atoms with Crippen molar-refractivity contribution in [2.45, 2.75) is 132 Å². The molecule has 8 aliphatic rings. The fraction of sp³-hybridized carbons (Fsp3) is 0.700. The van der Waals surface area contributed by atoms with E-state index in [1.807, 2.05) is 0 Å². The SMILES string of the molecule is C=C1C2CC[C-](C2)C1(C)C.C=C1C2CC[C-](C2)C1(C)C.C=C1C2CC[C-](C2)C1(C)C.C=C1C2CC[C-](C2)C1(C)C.[V+4]. The molecule has 0 heterocycles. The quantitative estimate of drug-likeness (QED) is 0.194. The number of hydrogen-bond donors (Lipinski definition) is 0. The van der Waals surface area contributed by atoms with Gasteiger partial charge in [-0.25, -0.2) is 0 Å². The summed E-state index contributed by atoms with van der Waals surface area (Å²) in [4.78, 5) is 0. The Bertz CT molecular complexity index is 881. The van der Waals surface area contributed by atoms with Crippen molar-refractivity contribution in [1.29, 1.82) is 0 Å². The van der Waals surface area contributed by atoms with Crippen molar-refractivity contribution in [3.05, 3.63) is 72.3 Å². The van der Waals surface area contributed by atoms with Gasteiger partial charge in [0.2, 0.25) is 0 Å². The Morgan fingerprint density at radius 1 is 0.415 bits per heavy atom. The van der Waals surface area contributed by atoms with Gasteiger partial charge in [0.1, 0.15) is 0 Å². The first kappa shape index (κ1) is 33.4. The van der Waals surface area contributed by atoms with Crippen LogP contribution in [0.5, 0.6) is 0 Å². The topological polar surface area (TPSA) is 0 Å². The molecule has 0 aromatic rings. The van der Waals surface area contributed by atoms with Gasteiger partial charge < -0.3 is 23.7 Å². The maximum atomic E-state index is 4.17. The minimum Gasteiger partial charge on any atom is -0.304 e. The van der Waals surface area contributed by atoms with Crippen LogP contribution >= 0.6 is 0 Å². The third-order valence-electron chi connectivity index (χ3n) is 13.9. The summed E-state index contributed by atoms with van der Waals surface area (Å²) in [5.74, 6) is 10.4. The molecule has 0 N–H and O–H groups in total. The second-order valence-electron chi connectivity index (χ2n) is 16.8. The minimum absolute atomic E-state index is 0. The van der Waals surface area contributed by atoms with Crippen LogP contribution in [0.2, 0.25) is 0 Å². The average Bonchev–Trinajstić information content (AvgIpc) is 3.74. The zero-order chi connectivity index (χ0) is 29.4. The number of rotatable bonds is 0. The molecule has 4 unspecified atom stereocenters. The van der Waals surface area contributed by atoms with E-state index in [9.17, 15) is 0 Å². The summed E-state index contributed by atoms with van der Waals surface area (Å²) in [7, 11) is 0. The van der Waals surface area contributed by atoms with Gasteiger partial charge in [0.25, 0.3) is 0 Å². The normalized spacial score (nSPS) is 36.5.